The van der Waals surface area contributed by atoms with Gasteiger partial charge >= 0.3 is 11.9 Å². The van der Waals surface area contributed by atoms with Gasteiger partial charge in [-0.15, -0.1) is 0 Å². The van der Waals surface area contributed by atoms with Crippen LogP contribution in [0.15, 0.2) is 40.1 Å². The minimum absolute atomic E-state index is 0.150. The van der Waals surface area contributed by atoms with Gasteiger partial charge < -0.3 is 20.7 Å². The van der Waals surface area contributed by atoms with Gasteiger partial charge in [0.1, 0.15) is 11.6 Å². The summed E-state index contributed by atoms with van der Waals surface area (Å²) in [5.41, 5.74) is -2.76. The van der Waals surface area contributed by atoms with Gasteiger partial charge in [-0.2, -0.15) is 13.2 Å². The van der Waals surface area contributed by atoms with Crippen molar-refractivity contribution in [3.8, 4) is 0 Å². The normalized spacial score (nSPS) is 12.3. The molecule has 1 aromatic heterocycles. The molecule has 0 spiro atoms. The van der Waals surface area contributed by atoms with E-state index in [0.717, 1.165) is 18.3 Å². The zero-order chi connectivity index (χ0) is 20.9. The second kappa shape index (κ2) is 8.52. The third kappa shape index (κ3) is 5.30. The van der Waals surface area contributed by atoms with Crippen LogP contribution in [-0.2, 0) is 17.5 Å². The predicted molar refractivity (Wildman–Crippen MR) is 89.3 cm³/mol. The second-order valence-corrected chi connectivity index (χ2v) is 5.61. The SMILES string of the molecule is O=C(N[C@@H](CO)C(=O)NCc1ccc(C(F)(F)F)cc1)c1c[nH]c(=O)[nH]c1=O. The first kappa shape index (κ1) is 20.9. The molecule has 0 aliphatic rings. The monoisotopic (exact) mass is 400 g/mol. The number of aliphatic hydroxyl groups excluding tert-OH is 1. The number of alkyl halides is 3. The molecule has 9 nitrogen and oxygen atoms in total. The molecule has 2 aromatic rings. The summed E-state index contributed by atoms with van der Waals surface area (Å²) in [6.07, 6.45) is -3.63. The Balaban J connectivity index is 1.98. The average molecular weight is 400 g/mol. The highest BCUT2D eigenvalue weighted by atomic mass is 19.4. The number of aliphatic hydroxyl groups is 1. The van der Waals surface area contributed by atoms with Gasteiger partial charge in [-0.25, -0.2) is 4.79 Å². The molecule has 1 aromatic carbocycles. The molecule has 28 heavy (non-hydrogen) atoms. The number of rotatable bonds is 6. The average Bonchev–Trinajstić information content (AvgIpc) is 2.63. The molecular formula is C16H15F3N4O5. The number of hydrogen-bond acceptors (Lipinski definition) is 5. The van der Waals surface area contributed by atoms with E-state index in [1.54, 1.807) is 0 Å². The third-order valence-corrected chi connectivity index (χ3v) is 3.62. The number of benzene rings is 1. The smallest absolute Gasteiger partial charge is 0.394 e. The quantitative estimate of drug-likeness (QED) is 0.444. The fourth-order valence-corrected chi connectivity index (χ4v) is 2.13. The highest BCUT2D eigenvalue weighted by molar-refractivity contribution is 5.97. The highest BCUT2D eigenvalue weighted by Crippen LogP contribution is 2.28. The maximum Gasteiger partial charge on any atom is 0.416 e. The standard InChI is InChI=1S/C16H15F3N4O5/c17-16(18,19)9-3-1-8(2-4-9)5-20-14(27)11(7-24)22-12(25)10-6-21-15(28)23-13(10)26/h1-4,6,11,24H,5,7H2,(H,20,27)(H,22,25)(H2,21,23,26,28)/t11-/m0/s1. The van der Waals surface area contributed by atoms with E-state index in [-0.39, 0.29) is 6.54 Å². The van der Waals surface area contributed by atoms with Crippen molar-refractivity contribution in [1.82, 2.24) is 20.6 Å². The van der Waals surface area contributed by atoms with Crippen LogP contribution in [-0.4, -0.2) is 39.5 Å². The van der Waals surface area contributed by atoms with Crippen LogP contribution in [0.1, 0.15) is 21.5 Å². The topological polar surface area (TPSA) is 144 Å². The lowest BCUT2D eigenvalue weighted by Crippen LogP contribution is -2.49. The van der Waals surface area contributed by atoms with Crippen LogP contribution in [0.5, 0.6) is 0 Å². The van der Waals surface area contributed by atoms with Gasteiger partial charge in [0.2, 0.25) is 5.91 Å². The Bertz CT molecular complexity index is 966. The van der Waals surface area contributed by atoms with Crippen molar-refractivity contribution in [2.45, 2.75) is 18.8 Å². The van der Waals surface area contributed by atoms with E-state index in [2.05, 4.69) is 15.6 Å². The van der Waals surface area contributed by atoms with Crippen LogP contribution in [0.4, 0.5) is 13.2 Å². The number of halogens is 3. The molecule has 0 aliphatic carbocycles. The maximum absolute atomic E-state index is 12.5. The van der Waals surface area contributed by atoms with Gasteiger partial charge in [-0.05, 0) is 17.7 Å². The lowest BCUT2D eigenvalue weighted by Gasteiger charge is -2.16. The fourth-order valence-electron chi connectivity index (χ4n) is 2.13. The van der Waals surface area contributed by atoms with Crippen LogP contribution in [0.25, 0.3) is 0 Å². The lowest BCUT2D eigenvalue weighted by atomic mass is 10.1. The molecule has 0 radical (unpaired) electrons. The van der Waals surface area contributed by atoms with Crippen molar-refractivity contribution in [1.29, 1.82) is 0 Å². The van der Waals surface area contributed by atoms with E-state index < -0.39 is 53.0 Å². The summed E-state index contributed by atoms with van der Waals surface area (Å²) in [5.74, 6) is -1.84. The number of nitrogens with one attached hydrogen (secondary N) is 4. The number of amides is 2. The maximum atomic E-state index is 12.5. The first-order valence-corrected chi connectivity index (χ1v) is 7.79. The van der Waals surface area contributed by atoms with Gasteiger partial charge in [0.05, 0.1) is 12.2 Å². The molecule has 5 N–H and O–H groups in total. The summed E-state index contributed by atoms with van der Waals surface area (Å²) in [4.78, 5) is 50.5. The summed E-state index contributed by atoms with van der Waals surface area (Å²) in [6.45, 7) is -0.950. The van der Waals surface area contributed by atoms with Gasteiger partial charge in [0.15, 0.2) is 0 Å². The first-order valence-electron chi connectivity index (χ1n) is 7.79. The van der Waals surface area contributed by atoms with E-state index in [9.17, 15) is 37.5 Å². The lowest BCUT2D eigenvalue weighted by molar-refractivity contribution is -0.137. The zero-order valence-corrected chi connectivity index (χ0v) is 14.1. The van der Waals surface area contributed by atoms with E-state index >= 15 is 0 Å². The Morgan fingerprint density at radius 1 is 1.14 bits per heavy atom. The molecule has 12 heteroatoms. The number of carbonyl (C=O) groups is 2. The molecular weight excluding hydrogens is 385 g/mol. The number of aromatic amines is 2. The van der Waals surface area contributed by atoms with Crippen molar-refractivity contribution in [3.05, 3.63) is 68.0 Å². The minimum Gasteiger partial charge on any atom is -0.394 e. The highest BCUT2D eigenvalue weighted by Gasteiger charge is 2.30. The summed E-state index contributed by atoms with van der Waals surface area (Å²) < 4.78 is 37.5. The Kier molecular flexibility index (Phi) is 6.36. The number of H-pyrrole nitrogens is 2. The summed E-state index contributed by atoms with van der Waals surface area (Å²) in [7, 11) is 0. The molecule has 0 aliphatic heterocycles. The molecule has 0 fully saturated rings. The Morgan fingerprint density at radius 3 is 2.32 bits per heavy atom. The van der Waals surface area contributed by atoms with Gasteiger partial charge in [0.25, 0.3) is 11.5 Å². The molecule has 2 amide bonds. The van der Waals surface area contributed by atoms with Crippen molar-refractivity contribution < 1.29 is 27.9 Å². The molecule has 0 saturated carbocycles. The molecule has 1 atom stereocenters. The zero-order valence-electron chi connectivity index (χ0n) is 14.1. The van der Waals surface area contributed by atoms with Crippen LogP contribution >= 0.6 is 0 Å². The summed E-state index contributed by atoms with van der Waals surface area (Å²) in [6, 6.07) is 2.64. The van der Waals surface area contributed by atoms with Crippen molar-refractivity contribution >= 4 is 11.8 Å². The Labute approximate surface area is 154 Å². The van der Waals surface area contributed by atoms with Crippen LogP contribution < -0.4 is 21.9 Å². The van der Waals surface area contributed by atoms with Gasteiger partial charge in [-0.1, -0.05) is 12.1 Å². The van der Waals surface area contributed by atoms with Crippen LogP contribution in [0, 0.1) is 0 Å². The fraction of sp³-hybridized carbons (Fsp3) is 0.250. The van der Waals surface area contributed by atoms with E-state index in [0.29, 0.717) is 5.56 Å². The van der Waals surface area contributed by atoms with Gasteiger partial charge in [0, 0.05) is 12.7 Å². The number of aromatic nitrogens is 2. The third-order valence-electron chi connectivity index (χ3n) is 3.62. The molecule has 2 rings (SSSR count). The molecule has 0 unspecified atom stereocenters. The molecule has 0 saturated heterocycles. The van der Waals surface area contributed by atoms with E-state index in [1.165, 1.54) is 12.1 Å². The van der Waals surface area contributed by atoms with Crippen LogP contribution in [0.3, 0.4) is 0 Å². The summed E-state index contributed by atoms with van der Waals surface area (Å²) >= 11 is 0. The molecule has 0 bridgehead atoms. The first-order chi connectivity index (χ1) is 13.1. The molecule has 1 heterocycles. The Morgan fingerprint density at radius 2 is 1.79 bits per heavy atom. The Hall–Kier alpha value is -3.41. The predicted octanol–water partition coefficient (Wildman–Crippen LogP) is -0.511. The van der Waals surface area contributed by atoms with Crippen molar-refractivity contribution in [3.63, 3.8) is 0 Å². The van der Waals surface area contributed by atoms with Crippen LogP contribution in [0.2, 0.25) is 0 Å². The second-order valence-electron chi connectivity index (χ2n) is 5.61. The van der Waals surface area contributed by atoms with E-state index in [4.69, 9.17) is 0 Å². The van der Waals surface area contributed by atoms with E-state index in [1.807, 2.05) is 4.98 Å². The molecule has 150 valence electrons. The number of carbonyl (C=O) groups excluding carboxylic acids is 2. The number of hydrogen-bond donors (Lipinski definition) is 5. The summed E-state index contributed by atoms with van der Waals surface area (Å²) in [5, 5.41) is 13.8. The minimum atomic E-state index is -4.48. The van der Waals surface area contributed by atoms with Gasteiger partial charge in [-0.3, -0.25) is 19.4 Å². The van der Waals surface area contributed by atoms with Crippen molar-refractivity contribution in [2.75, 3.05) is 6.61 Å². The van der Waals surface area contributed by atoms with Crippen molar-refractivity contribution in [2.24, 2.45) is 0 Å². The largest absolute Gasteiger partial charge is 0.416 e.